The topological polar surface area (TPSA) is 32.3 Å². The van der Waals surface area contributed by atoms with Gasteiger partial charge in [0, 0.05) is 18.2 Å². The lowest BCUT2D eigenvalue weighted by molar-refractivity contribution is 0.136. The van der Waals surface area contributed by atoms with Crippen molar-refractivity contribution in [2.45, 2.75) is 72.4 Å². The zero-order valence-corrected chi connectivity index (χ0v) is 14.1. The molecule has 0 aliphatic heterocycles. The van der Waals surface area contributed by atoms with E-state index in [-0.39, 0.29) is 0 Å². The van der Waals surface area contributed by atoms with Gasteiger partial charge in [0.2, 0.25) is 0 Å². The first kappa shape index (κ1) is 16.4. The first-order chi connectivity index (χ1) is 9.92. The lowest BCUT2D eigenvalue weighted by Crippen LogP contribution is -2.36. The van der Waals surface area contributed by atoms with Crippen LogP contribution < -0.4 is 5.32 Å². The number of aromatic hydroxyl groups is 1. The normalized spacial score (nSPS) is 23.2. The first-order valence-corrected chi connectivity index (χ1v) is 8.44. The summed E-state index contributed by atoms with van der Waals surface area (Å²) in [5, 5.41) is 13.5. The van der Waals surface area contributed by atoms with Gasteiger partial charge >= 0.3 is 0 Å². The van der Waals surface area contributed by atoms with Crippen molar-refractivity contribution in [3.8, 4) is 5.75 Å². The van der Waals surface area contributed by atoms with Gasteiger partial charge in [0.15, 0.2) is 0 Å². The second-order valence-corrected chi connectivity index (χ2v) is 7.40. The molecule has 1 aromatic carbocycles. The molecule has 0 atom stereocenters. The van der Waals surface area contributed by atoms with E-state index in [4.69, 9.17) is 0 Å². The van der Waals surface area contributed by atoms with Crippen LogP contribution in [0.15, 0.2) is 18.2 Å². The Kier molecular flexibility index (Phi) is 5.32. The summed E-state index contributed by atoms with van der Waals surface area (Å²) in [5.41, 5.74) is 2.71. The Balaban J connectivity index is 1.83. The van der Waals surface area contributed by atoms with Gasteiger partial charge in [-0.05, 0) is 50.0 Å². The molecule has 118 valence electrons. The van der Waals surface area contributed by atoms with Gasteiger partial charge in [-0.1, -0.05) is 44.9 Å². The predicted molar refractivity (Wildman–Crippen MR) is 89.5 cm³/mol. The van der Waals surface area contributed by atoms with Crippen molar-refractivity contribution in [3.05, 3.63) is 29.3 Å². The molecule has 0 radical (unpaired) electrons. The molecule has 0 bridgehead atoms. The molecule has 1 aliphatic carbocycles. The Morgan fingerprint density at radius 3 is 2.48 bits per heavy atom. The monoisotopic (exact) mass is 289 g/mol. The van der Waals surface area contributed by atoms with Crippen LogP contribution in [0.3, 0.4) is 0 Å². The Morgan fingerprint density at radius 2 is 1.86 bits per heavy atom. The minimum atomic E-state index is 0.411. The number of aryl methyl sites for hydroxylation is 1. The predicted octanol–water partition coefficient (Wildman–Crippen LogP) is 4.79. The third-order valence-electron chi connectivity index (χ3n) is 5.56. The zero-order chi connectivity index (χ0) is 15.5. The van der Waals surface area contributed by atoms with E-state index < -0.39 is 0 Å². The summed E-state index contributed by atoms with van der Waals surface area (Å²) in [6.45, 7) is 9.98. The van der Waals surface area contributed by atoms with Crippen LogP contribution >= 0.6 is 0 Å². The third-order valence-corrected chi connectivity index (χ3v) is 5.56. The summed E-state index contributed by atoms with van der Waals surface area (Å²) in [6, 6.07) is 6.44. The molecule has 0 saturated heterocycles. The van der Waals surface area contributed by atoms with Crippen LogP contribution in [0, 0.1) is 18.3 Å². The van der Waals surface area contributed by atoms with Crippen LogP contribution in [-0.4, -0.2) is 11.1 Å². The van der Waals surface area contributed by atoms with Gasteiger partial charge in [0.05, 0.1) is 0 Å². The molecule has 1 saturated carbocycles. The van der Waals surface area contributed by atoms with Crippen LogP contribution in [0.2, 0.25) is 0 Å². The largest absolute Gasteiger partial charge is 0.508 e. The average molecular weight is 289 g/mol. The van der Waals surface area contributed by atoms with Gasteiger partial charge < -0.3 is 10.4 Å². The van der Waals surface area contributed by atoms with Crippen LogP contribution in [0.1, 0.15) is 64.0 Å². The molecule has 1 fully saturated rings. The van der Waals surface area contributed by atoms with E-state index in [1.165, 1.54) is 37.7 Å². The minimum absolute atomic E-state index is 0.411. The molecule has 2 N–H and O–H groups in total. The lowest BCUT2D eigenvalue weighted by Gasteiger charge is -2.39. The number of hydrogen-bond donors (Lipinski definition) is 2. The number of nitrogens with one attached hydrogen (secondary N) is 1. The van der Waals surface area contributed by atoms with Crippen molar-refractivity contribution in [3.63, 3.8) is 0 Å². The maximum Gasteiger partial charge on any atom is 0.120 e. The average Bonchev–Trinajstić information content (AvgIpc) is 2.48. The lowest BCUT2D eigenvalue weighted by atomic mass is 9.69. The quantitative estimate of drug-likeness (QED) is 0.817. The van der Waals surface area contributed by atoms with Crippen LogP contribution in [0.25, 0.3) is 0 Å². The highest BCUT2D eigenvalue weighted by Crippen LogP contribution is 2.40. The highest BCUT2D eigenvalue weighted by atomic mass is 16.3. The summed E-state index contributed by atoms with van der Waals surface area (Å²) >= 11 is 0. The molecular weight excluding hydrogens is 258 g/mol. The zero-order valence-electron chi connectivity index (χ0n) is 14.1. The van der Waals surface area contributed by atoms with Crippen molar-refractivity contribution >= 4 is 0 Å². The molecule has 0 aromatic heterocycles. The Labute approximate surface area is 130 Å². The molecule has 21 heavy (non-hydrogen) atoms. The van der Waals surface area contributed by atoms with Crippen molar-refractivity contribution in [2.24, 2.45) is 11.3 Å². The molecule has 0 unspecified atom stereocenters. The number of rotatable bonds is 5. The van der Waals surface area contributed by atoms with Crippen LogP contribution in [-0.2, 0) is 6.54 Å². The molecule has 0 spiro atoms. The maximum absolute atomic E-state index is 9.91. The molecular formula is C19H31NO. The summed E-state index contributed by atoms with van der Waals surface area (Å²) in [7, 11) is 0. The Morgan fingerprint density at radius 1 is 1.19 bits per heavy atom. The summed E-state index contributed by atoms with van der Waals surface area (Å²) in [4.78, 5) is 0. The maximum atomic E-state index is 9.91. The number of phenols is 1. The summed E-state index contributed by atoms with van der Waals surface area (Å²) in [6.07, 6.45) is 6.46. The van der Waals surface area contributed by atoms with Gasteiger partial charge in [-0.15, -0.1) is 0 Å². The van der Waals surface area contributed by atoms with E-state index in [2.05, 4.69) is 39.1 Å². The Bertz CT molecular complexity index is 459. The number of benzene rings is 1. The fourth-order valence-electron chi connectivity index (χ4n) is 3.48. The fourth-order valence-corrected chi connectivity index (χ4v) is 3.48. The molecule has 2 heteroatoms. The number of phenolic OH excluding ortho intramolecular Hbond substituents is 1. The second-order valence-electron chi connectivity index (χ2n) is 7.40. The van der Waals surface area contributed by atoms with Crippen molar-refractivity contribution in [1.29, 1.82) is 0 Å². The molecule has 2 rings (SSSR count). The number of hydrogen-bond acceptors (Lipinski definition) is 2. The molecule has 0 amide bonds. The van der Waals surface area contributed by atoms with E-state index in [1.807, 2.05) is 6.07 Å². The third kappa shape index (κ3) is 4.23. The van der Waals surface area contributed by atoms with Crippen molar-refractivity contribution in [1.82, 2.24) is 5.32 Å². The highest BCUT2D eigenvalue weighted by molar-refractivity contribution is 5.35. The van der Waals surface area contributed by atoms with Gasteiger partial charge in [-0.2, -0.15) is 0 Å². The van der Waals surface area contributed by atoms with E-state index in [1.54, 1.807) is 6.07 Å². The van der Waals surface area contributed by atoms with E-state index in [9.17, 15) is 5.11 Å². The molecule has 1 aromatic rings. The summed E-state index contributed by atoms with van der Waals surface area (Å²) in [5.74, 6) is 1.28. The van der Waals surface area contributed by atoms with Crippen LogP contribution in [0.4, 0.5) is 0 Å². The van der Waals surface area contributed by atoms with Gasteiger partial charge in [-0.25, -0.2) is 0 Å². The molecule has 1 aliphatic rings. The Hall–Kier alpha value is -1.02. The van der Waals surface area contributed by atoms with E-state index >= 15 is 0 Å². The summed E-state index contributed by atoms with van der Waals surface area (Å²) < 4.78 is 0. The van der Waals surface area contributed by atoms with Crippen molar-refractivity contribution in [2.75, 3.05) is 0 Å². The smallest absolute Gasteiger partial charge is 0.120 e. The minimum Gasteiger partial charge on any atom is -0.508 e. The van der Waals surface area contributed by atoms with Crippen molar-refractivity contribution < 1.29 is 5.11 Å². The fraction of sp³-hybridized carbons (Fsp3) is 0.684. The van der Waals surface area contributed by atoms with Gasteiger partial charge in [-0.3, -0.25) is 0 Å². The van der Waals surface area contributed by atoms with Gasteiger partial charge in [0.25, 0.3) is 0 Å². The van der Waals surface area contributed by atoms with E-state index in [0.29, 0.717) is 17.2 Å². The van der Waals surface area contributed by atoms with Crippen LogP contribution in [0.5, 0.6) is 5.75 Å². The molecule has 2 nitrogen and oxygen atoms in total. The standard InChI is InChI=1S/C19H31NO/c1-5-19(3,4)16-7-9-17(10-8-16)20-13-15-12-14(2)6-11-18(15)21/h6,11-12,16-17,20-21H,5,7-10,13H2,1-4H3. The second kappa shape index (κ2) is 6.83. The highest BCUT2D eigenvalue weighted by Gasteiger charge is 2.31. The van der Waals surface area contributed by atoms with Gasteiger partial charge in [0.1, 0.15) is 5.75 Å². The SMILES string of the molecule is CCC(C)(C)C1CCC(NCc2cc(C)ccc2O)CC1. The first-order valence-electron chi connectivity index (χ1n) is 8.44. The molecule has 0 heterocycles. The van der Waals surface area contributed by atoms with E-state index in [0.717, 1.165) is 18.0 Å².